The predicted octanol–water partition coefficient (Wildman–Crippen LogP) is 2.04. The molecule has 0 atom stereocenters. The second-order valence-corrected chi connectivity index (χ2v) is 3.49. The highest BCUT2D eigenvalue weighted by atomic mass is 15.0. The molecule has 0 aliphatic heterocycles. The van der Waals surface area contributed by atoms with Crippen LogP contribution >= 0.6 is 0 Å². The van der Waals surface area contributed by atoms with Gasteiger partial charge in [0.1, 0.15) is 5.82 Å². The van der Waals surface area contributed by atoms with Gasteiger partial charge >= 0.3 is 0 Å². The first-order valence-corrected chi connectivity index (χ1v) is 4.41. The maximum absolute atomic E-state index is 5.81. The molecule has 3 nitrogen and oxygen atoms in total. The van der Waals surface area contributed by atoms with E-state index in [-0.39, 0.29) is 0 Å². The molecule has 0 unspecified atom stereocenters. The van der Waals surface area contributed by atoms with E-state index < -0.39 is 0 Å². The molecule has 0 aliphatic carbocycles. The van der Waals surface area contributed by atoms with Crippen LogP contribution in [0.15, 0.2) is 24.5 Å². The number of nitrogen functional groups attached to an aromatic ring is 1. The molecule has 0 aromatic carbocycles. The Morgan fingerprint density at radius 2 is 2.23 bits per heavy atom. The molecular weight excluding hydrogens is 162 g/mol. The molecule has 3 heteroatoms. The molecule has 68 valence electrons. The average molecular weight is 175 g/mol. The Kier molecular flexibility index (Phi) is 1.72. The largest absolute Gasteiger partial charge is 0.397 e. The Morgan fingerprint density at radius 1 is 1.46 bits per heavy atom. The smallest absolute Gasteiger partial charge is 0.115 e. The maximum atomic E-state index is 5.81. The standard InChI is InChI=1S/C10H13N3/c1-7(2)10-12-6-9-8(11)4-3-5-13(9)10/h3-7H,11H2,1-2H3. The van der Waals surface area contributed by atoms with Crippen LogP contribution in [-0.4, -0.2) is 9.38 Å². The lowest BCUT2D eigenvalue weighted by molar-refractivity contribution is 0.770. The van der Waals surface area contributed by atoms with Gasteiger partial charge in [-0.2, -0.15) is 0 Å². The number of hydrogen-bond acceptors (Lipinski definition) is 2. The van der Waals surface area contributed by atoms with Crippen LogP contribution in [0.25, 0.3) is 5.52 Å². The minimum atomic E-state index is 0.421. The van der Waals surface area contributed by atoms with E-state index in [2.05, 4.69) is 18.8 Å². The summed E-state index contributed by atoms with van der Waals surface area (Å²) in [6.07, 6.45) is 3.82. The van der Waals surface area contributed by atoms with Gasteiger partial charge in [0, 0.05) is 12.1 Å². The molecule has 0 amide bonds. The van der Waals surface area contributed by atoms with Gasteiger partial charge in [-0.1, -0.05) is 13.8 Å². The summed E-state index contributed by atoms with van der Waals surface area (Å²) in [7, 11) is 0. The van der Waals surface area contributed by atoms with Crippen molar-refractivity contribution in [3.63, 3.8) is 0 Å². The first-order chi connectivity index (χ1) is 6.20. The number of imidazole rings is 1. The van der Waals surface area contributed by atoms with Gasteiger partial charge in [0.05, 0.1) is 17.4 Å². The normalized spacial score (nSPS) is 11.3. The first kappa shape index (κ1) is 8.10. The third kappa shape index (κ3) is 1.16. The molecular formula is C10H13N3. The van der Waals surface area contributed by atoms with Crippen LogP contribution in [0, 0.1) is 0 Å². The van der Waals surface area contributed by atoms with Gasteiger partial charge in [0.15, 0.2) is 0 Å². The molecule has 2 aromatic heterocycles. The lowest BCUT2D eigenvalue weighted by Gasteiger charge is -2.04. The quantitative estimate of drug-likeness (QED) is 0.720. The van der Waals surface area contributed by atoms with E-state index in [4.69, 9.17) is 5.73 Å². The van der Waals surface area contributed by atoms with E-state index in [0.717, 1.165) is 17.0 Å². The SMILES string of the molecule is CC(C)c1ncc2c(N)cccn12. The molecule has 0 aliphatic rings. The minimum Gasteiger partial charge on any atom is -0.397 e. The van der Waals surface area contributed by atoms with Gasteiger partial charge in [0.2, 0.25) is 0 Å². The van der Waals surface area contributed by atoms with Crippen molar-refractivity contribution in [2.75, 3.05) is 5.73 Å². The fourth-order valence-electron chi connectivity index (χ4n) is 1.49. The van der Waals surface area contributed by atoms with Crippen molar-refractivity contribution in [1.29, 1.82) is 0 Å². The van der Waals surface area contributed by atoms with Crippen molar-refractivity contribution >= 4 is 11.2 Å². The highest BCUT2D eigenvalue weighted by Gasteiger charge is 2.07. The number of rotatable bonds is 1. The van der Waals surface area contributed by atoms with Crippen LogP contribution in [0.4, 0.5) is 5.69 Å². The molecule has 0 spiro atoms. The second kappa shape index (κ2) is 2.76. The lowest BCUT2D eigenvalue weighted by Crippen LogP contribution is -1.97. The van der Waals surface area contributed by atoms with Gasteiger partial charge in [-0.15, -0.1) is 0 Å². The predicted molar refractivity (Wildman–Crippen MR) is 53.7 cm³/mol. The number of nitrogens with zero attached hydrogens (tertiary/aromatic N) is 2. The molecule has 0 saturated heterocycles. The topological polar surface area (TPSA) is 43.3 Å². The molecule has 2 aromatic rings. The van der Waals surface area contributed by atoms with Crippen LogP contribution in [0.2, 0.25) is 0 Å². The van der Waals surface area contributed by atoms with Crippen LogP contribution in [0.5, 0.6) is 0 Å². The zero-order chi connectivity index (χ0) is 9.42. The monoisotopic (exact) mass is 175 g/mol. The third-order valence-electron chi connectivity index (χ3n) is 2.15. The van der Waals surface area contributed by atoms with E-state index >= 15 is 0 Å². The molecule has 13 heavy (non-hydrogen) atoms. The van der Waals surface area contributed by atoms with E-state index in [1.165, 1.54) is 0 Å². The Hall–Kier alpha value is -1.51. The molecule has 0 fully saturated rings. The Balaban J connectivity index is 2.75. The van der Waals surface area contributed by atoms with Gasteiger partial charge in [-0.3, -0.25) is 0 Å². The fourth-order valence-corrected chi connectivity index (χ4v) is 1.49. The minimum absolute atomic E-state index is 0.421. The summed E-state index contributed by atoms with van der Waals surface area (Å²) >= 11 is 0. The van der Waals surface area contributed by atoms with Gasteiger partial charge in [-0.05, 0) is 12.1 Å². The number of hydrogen-bond donors (Lipinski definition) is 1. The summed E-state index contributed by atoms with van der Waals surface area (Å²) in [6.45, 7) is 4.25. The van der Waals surface area contributed by atoms with Gasteiger partial charge in [-0.25, -0.2) is 4.98 Å². The summed E-state index contributed by atoms with van der Waals surface area (Å²) in [5.41, 5.74) is 7.58. The Morgan fingerprint density at radius 3 is 2.92 bits per heavy atom. The van der Waals surface area contributed by atoms with Crippen molar-refractivity contribution < 1.29 is 0 Å². The summed E-state index contributed by atoms with van der Waals surface area (Å²) < 4.78 is 2.04. The summed E-state index contributed by atoms with van der Waals surface area (Å²) in [5.74, 6) is 1.48. The molecule has 0 bridgehead atoms. The summed E-state index contributed by atoms with van der Waals surface area (Å²) in [4.78, 5) is 4.34. The number of pyridine rings is 1. The van der Waals surface area contributed by atoms with Crippen molar-refractivity contribution in [3.05, 3.63) is 30.4 Å². The third-order valence-corrected chi connectivity index (χ3v) is 2.15. The molecule has 0 radical (unpaired) electrons. The van der Waals surface area contributed by atoms with Crippen LogP contribution in [-0.2, 0) is 0 Å². The van der Waals surface area contributed by atoms with Crippen molar-refractivity contribution in [2.45, 2.75) is 19.8 Å². The number of aromatic nitrogens is 2. The summed E-state index contributed by atoms with van der Waals surface area (Å²) in [6, 6.07) is 3.83. The van der Waals surface area contributed by atoms with E-state index in [1.54, 1.807) is 0 Å². The van der Waals surface area contributed by atoms with Gasteiger partial charge in [0.25, 0.3) is 0 Å². The number of anilines is 1. The second-order valence-electron chi connectivity index (χ2n) is 3.49. The Labute approximate surface area is 77.2 Å². The maximum Gasteiger partial charge on any atom is 0.115 e. The Bertz CT molecular complexity index is 429. The lowest BCUT2D eigenvalue weighted by atomic mass is 10.2. The zero-order valence-corrected chi connectivity index (χ0v) is 7.86. The first-order valence-electron chi connectivity index (χ1n) is 4.41. The highest BCUT2D eigenvalue weighted by Crippen LogP contribution is 2.19. The number of fused-ring (bicyclic) bond motifs is 1. The highest BCUT2D eigenvalue weighted by molar-refractivity contribution is 5.68. The van der Waals surface area contributed by atoms with E-state index in [0.29, 0.717) is 5.92 Å². The van der Waals surface area contributed by atoms with Crippen LogP contribution < -0.4 is 5.73 Å². The van der Waals surface area contributed by atoms with Crippen LogP contribution in [0.1, 0.15) is 25.6 Å². The van der Waals surface area contributed by atoms with Crippen molar-refractivity contribution in [3.8, 4) is 0 Å². The zero-order valence-electron chi connectivity index (χ0n) is 7.86. The summed E-state index contributed by atoms with van der Waals surface area (Å²) in [5, 5.41) is 0. The van der Waals surface area contributed by atoms with Crippen molar-refractivity contribution in [1.82, 2.24) is 9.38 Å². The van der Waals surface area contributed by atoms with E-state index in [1.807, 2.05) is 28.9 Å². The molecule has 2 N–H and O–H groups in total. The molecule has 2 rings (SSSR count). The average Bonchev–Trinajstić information content (AvgIpc) is 2.48. The fraction of sp³-hybridized carbons (Fsp3) is 0.300. The van der Waals surface area contributed by atoms with Crippen LogP contribution in [0.3, 0.4) is 0 Å². The van der Waals surface area contributed by atoms with Crippen molar-refractivity contribution in [2.24, 2.45) is 0 Å². The molecule has 2 heterocycles. The number of nitrogens with two attached hydrogens (primary N) is 1. The molecule has 0 saturated carbocycles. The van der Waals surface area contributed by atoms with E-state index in [9.17, 15) is 0 Å². The van der Waals surface area contributed by atoms with Gasteiger partial charge < -0.3 is 10.1 Å².